The molecule has 0 aromatic carbocycles. The monoisotopic (exact) mass is 1860 g/mol. The number of rotatable bonds is 32. The topological polar surface area (TPSA) is 229 Å². The van der Waals surface area contributed by atoms with Gasteiger partial charge in [0.05, 0.1) is 209 Å². The second kappa shape index (κ2) is 89.4. The Morgan fingerprint density at radius 1 is 0.141 bits per heavy atom. The molecule has 28 heteroatoms. The Morgan fingerprint density at radius 3 is 0.163 bits per heavy atom. The van der Waals surface area contributed by atoms with Crippen LogP contribution in [-0.4, -0.2) is 328 Å². The average Bonchev–Trinajstić information content (AvgIpc) is 3.53. The zero-order valence-corrected chi connectivity index (χ0v) is 79.6. The van der Waals surface area contributed by atoms with Crippen molar-refractivity contribution in [2.45, 2.75) is 222 Å². The number of hydrogen-bond donors (Lipinski definition) is 0. The third-order valence-electron chi connectivity index (χ3n) is 21.5. The van der Waals surface area contributed by atoms with Gasteiger partial charge in [-0.15, -0.1) is 0 Å². The van der Waals surface area contributed by atoms with E-state index in [0.29, 0.717) is 0 Å². The van der Waals surface area contributed by atoms with Gasteiger partial charge in [0, 0.05) is 0 Å². The third kappa shape index (κ3) is 79.7. The summed E-state index contributed by atoms with van der Waals surface area (Å²) in [5.74, 6) is 0. The van der Waals surface area contributed by atoms with E-state index in [4.69, 9.17) is 37.7 Å². The predicted octanol–water partition coefficient (Wildman–Crippen LogP) is -4.15. The second-order valence-corrected chi connectivity index (χ2v) is 26.9. The first-order chi connectivity index (χ1) is 40.9. The first-order valence-electron chi connectivity index (χ1n) is 34.9. The molecule has 0 amide bonds. The van der Waals surface area contributed by atoms with Crippen LogP contribution >= 0.6 is 0 Å². The standard InChI is InChI=1S/8C8H20N.4ClH.12O.4Sb/c8*1-5-9(6-2,7-3)8-4;;;;;;;;;;;;;;;;;;;;/h8*5-8H2,1-4H3;4*1H;;;;;;;;;;;;;;;;/q8*+1;;;;;;;;;;;;;4*-1;;;;/p-4. The molecule has 0 aliphatic rings. The van der Waals surface area contributed by atoms with E-state index in [1.54, 1.807) is 0 Å². The molecule has 0 aromatic heterocycles. The van der Waals surface area contributed by atoms with Crippen LogP contribution in [0.2, 0.25) is 0 Å². The molecule has 20 nitrogen and oxygen atoms in total. The Bertz CT molecular complexity index is 1210. The van der Waals surface area contributed by atoms with E-state index in [1.165, 1.54) is 245 Å². The van der Waals surface area contributed by atoms with Crippen molar-refractivity contribution in [3.05, 3.63) is 0 Å². The molecule has 0 saturated carbocycles. The van der Waals surface area contributed by atoms with Crippen LogP contribution in [0.1, 0.15) is 222 Å². The number of quaternary nitrogens is 8. The molecule has 0 N–H and O–H groups in total. The van der Waals surface area contributed by atoms with E-state index >= 15 is 0 Å². The van der Waals surface area contributed by atoms with E-state index in [1.807, 2.05) is 0 Å². The van der Waals surface area contributed by atoms with Gasteiger partial charge in [0.15, 0.2) is 0 Å². The van der Waals surface area contributed by atoms with Gasteiger partial charge in [0.2, 0.25) is 0 Å². The van der Waals surface area contributed by atoms with E-state index in [-0.39, 0.29) is 49.6 Å². The van der Waals surface area contributed by atoms with Crippen molar-refractivity contribution in [1.29, 1.82) is 0 Å². The predicted molar refractivity (Wildman–Crippen MR) is 368 cm³/mol. The van der Waals surface area contributed by atoms with Crippen molar-refractivity contribution in [1.82, 2.24) is 0 Å². The summed E-state index contributed by atoms with van der Waals surface area (Å²) in [6, 6.07) is 0. The molecular weight excluding hydrogens is 1700 g/mol. The Kier molecular flexibility index (Phi) is 130. The molecule has 0 fully saturated rings. The van der Waals surface area contributed by atoms with E-state index < -0.39 is 82.4 Å². The van der Waals surface area contributed by atoms with Gasteiger partial charge >= 0.3 is 120 Å². The van der Waals surface area contributed by atoms with Crippen LogP contribution in [0.3, 0.4) is 0 Å². The normalized spacial score (nSPS) is 10.5. The summed E-state index contributed by atoms with van der Waals surface area (Å²) in [6.45, 7) is 114. The van der Waals surface area contributed by atoms with Crippen molar-refractivity contribution in [2.75, 3.05) is 209 Å². The molecule has 576 valence electrons. The Labute approximate surface area is 630 Å². The first-order valence-corrected chi connectivity index (χ1v) is 47.4. The molecule has 0 rings (SSSR count). The summed E-state index contributed by atoms with van der Waals surface area (Å²) in [7, 11) is 0. The molecule has 0 saturated heterocycles. The molecule has 0 spiro atoms. The summed E-state index contributed by atoms with van der Waals surface area (Å²) < 4.78 is 113. The second-order valence-electron chi connectivity index (χ2n) is 21.7. The zero-order valence-electron chi connectivity index (χ0n) is 66.4. The van der Waals surface area contributed by atoms with Crippen molar-refractivity contribution >= 4 is 82.4 Å². The molecule has 92 heavy (non-hydrogen) atoms. The Morgan fingerprint density at radius 2 is 0.163 bits per heavy atom. The average molecular weight is 1860 g/mol. The van der Waals surface area contributed by atoms with Crippen LogP contribution in [-0.2, 0) is 24.1 Å². The van der Waals surface area contributed by atoms with Crippen molar-refractivity contribution in [3.8, 4) is 0 Å². The first kappa shape index (κ1) is 134. The van der Waals surface area contributed by atoms with Crippen molar-refractivity contribution < 1.29 is 123 Å². The summed E-state index contributed by atoms with van der Waals surface area (Å²) in [5.41, 5.74) is 0. The van der Waals surface area contributed by atoms with Crippen LogP contribution < -0.4 is 63.2 Å². The van der Waals surface area contributed by atoms with Crippen LogP contribution in [0.15, 0.2) is 0 Å². The molecule has 0 bridgehead atoms. The van der Waals surface area contributed by atoms with Crippen LogP contribution in [0.25, 0.3) is 0 Å². The molecule has 0 radical (unpaired) electrons. The van der Waals surface area contributed by atoms with Gasteiger partial charge in [-0.25, -0.2) is 0 Å². The van der Waals surface area contributed by atoms with E-state index in [9.17, 15) is 0 Å². The fraction of sp³-hybridized carbons (Fsp3) is 1.00. The van der Waals surface area contributed by atoms with Crippen LogP contribution in [0, 0.1) is 0 Å². The number of hydrogen-bond acceptors (Lipinski definition) is 12. The van der Waals surface area contributed by atoms with Gasteiger partial charge in [-0.3, -0.25) is 0 Å². The maximum atomic E-state index is 8.60. The number of nitrogens with zero attached hydrogens (tertiary/aromatic N) is 8. The SMILES string of the molecule is CC[N+](CC)(CC)CC.CC[N+](CC)(CC)CC.CC[N+](CC)(CC)CC.CC[N+](CC)(CC)CC.CC[N+](CC)(CC)CC.CC[N+](CC)(CC)CC.CC[N+](CC)(CC)CC.CC[N+](CC)(CC)CC.[Cl-].[Cl-].[Cl-].[Cl-].[O]=[Sb](=[O])[O-].[O]=[Sb](=[O])[O-].[O]=[Sb](=[O])[O-].[O]=[Sb](=[O])[O-]. The van der Waals surface area contributed by atoms with Crippen molar-refractivity contribution in [2.24, 2.45) is 0 Å². The number of halogens is 4. The quantitative estimate of drug-likeness (QED) is 0.0462. The molecule has 0 aliphatic heterocycles. The van der Waals surface area contributed by atoms with Crippen LogP contribution in [0.5, 0.6) is 0 Å². The maximum absolute atomic E-state index is 8.60. The van der Waals surface area contributed by atoms with Gasteiger partial charge < -0.3 is 85.5 Å². The van der Waals surface area contributed by atoms with Gasteiger partial charge in [-0.1, -0.05) is 0 Å². The molecular formula is C64H160Cl4N8O12Sb4. The van der Waals surface area contributed by atoms with E-state index in [0.717, 1.165) is 0 Å². The van der Waals surface area contributed by atoms with Crippen molar-refractivity contribution in [3.63, 3.8) is 0 Å². The van der Waals surface area contributed by atoms with Gasteiger partial charge in [-0.05, 0) is 222 Å². The summed E-state index contributed by atoms with van der Waals surface area (Å²) in [4.78, 5) is 0. The molecule has 0 unspecified atom stereocenters. The molecule has 0 heterocycles. The minimum atomic E-state index is -4.20. The fourth-order valence-electron chi connectivity index (χ4n) is 10.7. The Hall–Kier alpha value is 2.35. The van der Waals surface area contributed by atoms with Gasteiger partial charge in [0.25, 0.3) is 0 Å². The van der Waals surface area contributed by atoms with Crippen LogP contribution in [0.4, 0.5) is 0 Å². The zero-order chi connectivity index (χ0) is 72.9. The summed E-state index contributed by atoms with van der Waals surface area (Å²) >= 11 is -16.8. The summed E-state index contributed by atoms with van der Waals surface area (Å²) in [5, 5.41) is 0. The van der Waals surface area contributed by atoms with Gasteiger partial charge in [-0.2, -0.15) is 0 Å². The molecule has 0 aromatic rings. The molecule has 0 aliphatic carbocycles. The van der Waals surface area contributed by atoms with Gasteiger partial charge in [0.1, 0.15) is 0 Å². The van der Waals surface area contributed by atoms with E-state index in [2.05, 4.69) is 222 Å². The minimum absolute atomic E-state index is 0. The fourth-order valence-corrected chi connectivity index (χ4v) is 10.7. The molecule has 0 atom stereocenters. The summed E-state index contributed by atoms with van der Waals surface area (Å²) in [6.07, 6.45) is 0. The third-order valence-corrected chi connectivity index (χ3v) is 21.5. The Balaban J connectivity index is -0.0000000493.